The van der Waals surface area contributed by atoms with Crippen LogP contribution in [0.3, 0.4) is 0 Å². The lowest BCUT2D eigenvalue weighted by Gasteiger charge is -2.20. The molecule has 1 fully saturated rings. The molecule has 116 valence electrons. The highest BCUT2D eigenvalue weighted by molar-refractivity contribution is 6.00. The Kier molecular flexibility index (Phi) is 4.09. The minimum Gasteiger partial charge on any atom is -0.361 e. The summed E-state index contributed by atoms with van der Waals surface area (Å²) in [7, 11) is 0. The predicted molar refractivity (Wildman–Crippen MR) is 80.7 cm³/mol. The van der Waals surface area contributed by atoms with Crippen LogP contribution in [0.5, 0.6) is 0 Å². The van der Waals surface area contributed by atoms with E-state index in [2.05, 4.69) is 15.6 Å². The molecule has 6 heteroatoms. The van der Waals surface area contributed by atoms with Crippen molar-refractivity contribution >= 4 is 22.7 Å². The second-order valence-corrected chi connectivity index (χ2v) is 5.53. The van der Waals surface area contributed by atoms with Crippen molar-refractivity contribution in [3.8, 4) is 0 Å². The van der Waals surface area contributed by atoms with E-state index in [4.69, 9.17) is 0 Å². The van der Waals surface area contributed by atoms with Crippen LogP contribution in [0.2, 0.25) is 0 Å². The number of nitrogens with one attached hydrogen (secondary N) is 3. The van der Waals surface area contributed by atoms with E-state index in [9.17, 15) is 14.0 Å². The van der Waals surface area contributed by atoms with Gasteiger partial charge in [-0.05, 0) is 43.0 Å². The Morgan fingerprint density at radius 3 is 3.09 bits per heavy atom. The summed E-state index contributed by atoms with van der Waals surface area (Å²) in [4.78, 5) is 26.7. The molecule has 1 aliphatic rings. The van der Waals surface area contributed by atoms with Crippen molar-refractivity contribution in [1.82, 2.24) is 15.6 Å². The van der Waals surface area contributed by atoms with E-state index in [1.165, 1.54) is 12.1 Å². The zero-order chi connectivity index (χ0) is 15.5. The monoisotopic (exact) mass is 303 g/mol. The van der Waals surface area contributed by atoms with E-state index in [0.717, 1.165) is 22.9 Å². The van der Waals surface area contributed by atoms with Gasteiger partial charge in [0.1, 0.15) is 11.7 Å². The molecule has 0 saturated carbocycles. The van der Waals surface area contributed by atoms with Crippen molar-refractivity contribution in [3.05, 3.63) is 35.8 Å². The van der Waals surface area contributed by atoms with Crippen molar-refractivity contribution in [2.75, 3.05) is 13.1 Å². The van der Waals surface area contributed by atoms with E-state index < -0.39 is 5.92 Å². The first kappa shape index (κ1) is 14.6. The Bertz CT molecular complexity index is 710. The van der Waals surface area contributed by atoms with Crippen LogP contribution in [0.15, 0.2) is 24.4 Å². The lowest BCUT2D eigenvalue weighted by molar-refractivity contribution is -0.136. The number of H-pyrrole nitrogens is 1. The second-order valence-electron chi connectivity index (χ2n) is 5.53. The quantitative estimate of drug-likeness (QED) is 0.749. The van der Waals surface area contributed by atoms with Crippen LogP contribution in [0.25, 0.3) is 10.9 Å². The number of carbonyl (C=O) groups is 2. The maximum Gasteiger partial charge on any atom is 0.232 e. The predicted octanol–water partition coefficient (Wildman–Crippen LogP) is 1.49. The first-order valence-electron chi connectivity index (χ1n) is 7.46. The largest absolute Gasteiger partial charge is 0.361 e. The van der Waals surface area contributed by atoms with Crippen molar-refractivity contribution in [3.63, 3.8) is 0 Å². The Balaban J connectivity index is 1.59. The maximum absolute atomic E-state index is 13.3. The Hall–Kier alpha value is -2.37. The summed E-state index contributed by atoms with van der Waals surface area (Å²) in [6.07, 6.45) is 3.83. The van der Waals surface area contributed by atoms with E-state index in [-0.39, 0.29) is 17.6 Å². The summed E-state index contributed by atoms with van der Waals surface area (Å²) < 4.78 is 13.3. The van der Waals surface area contributed by atoms with E-state index >= 15 is 0 Å². The summed E-state index contributed by atoms with van der Waals surface area (Å²) in [6.45, 7) is 1.07. The van der Waals surface area contributed by atoms with Crippen LogP contribution in [-0.4, -0.2) is 29.9 Å². The van der Waals surface area contributed by atoms with Crippen molar-refractivity contribution in [2.45, 2.75) is 19.3 Å². The lowest BCUT2D eigenvalue weighted by Crippen LogP contribution is -2.45. The molecule has 3 rings (SSSR count). The van der Waals surface area contributed by atoms with Gasteiger partial charge in [-0.1, -0.05) is 0 Å². The lowest BCUT2D eigenvalue weighted by atomic mass is 9.98. The van der Waals surface area contributed by atoms with E-state index in [0.29, 0.717) is 25.9 Å². The highest BCUT2D eigenvalue weighted by atomic mass is 19.1. The number of carbonyl (C=O) groups excluding carboxylic acids is 2. The van der Waals surface area contributed by atoms with Gasteiger partial charge in [0.05, 0.1) is 0 Å². The van der Waals surface area contributed by atoms with Crippen LogP contribution >= 0.6 is 0 Å². The molecule has 5 nitrogen and oxygen atoms in total. The third-order valence-corrected chi connectivity index (χ3v) is 4.02. The topological polar surface area (TPSA) is 74.0 Å². The fourth-order valence-corrected chi connectivity index (χ4v) is 2.82. The molecule has 3 N–H and O–H groups in total. The molecule has 1 aliphatic heterocycles. The third-order valence-electron chi connectivity index (χ3n) is 4.02. The van der Waals surface area contributed by atoms with Crippen LogP contribution in [0.1, 0.15) is 18.4 Å². The summed E-state index contributed by atoms with van der Waals surface area (Å²) in [6, 6.07) is 4.59. The SMILES string of the molecule is O=C1NCCCC1C(=O)NCCc1c[nH]c2ccc(F)cc12. The molecule has 22 heavy (non-hydrogen) atoms. The number of halogens is 1. The Labute approximate surface area is 127 Å². The Morgan fingerprint density at radius 1 is 1.41 bits per heavy atom. The first-order chi connectivity index (χ1) is 10.6. The Morgan fingerprint density at radius 2 is 2.27 bits per heavy atom. The number of benzene rings is 1. The van der Waals surface area contributed by atoms with Crippen LogP contribution in [0.4, 0.5) is 4.39 Å². The molecule has 1 saturated heterocycles. The van der Waals surface area contributed by atoms with E-state index in [1.807, 2.05) is 6.20 Å². The molecule has 2 heterocycles. The molecular formula is C16H18FN3O2. The number of rotatable bonds is 4. The number of fused-ring (bicyclic) bond motifs is 1. The van der Waals surface area contributed by atoms with Gasteiger partial charge in [0.25, 0.3) is 0 Å². The van der Waals surface area contributed by atoms with Gasteiger partial charge < -0.3 is 15.6 Å². The fourth-order valence-electron chi connectivity index (χ4n) is 2.82. The van der Waals surface area contributed by atoms with Crippen LogP contribution < -0.4 is 10.6 Å². The average molecular weight is 303 g/mol. The molecule has 0 aliphatic carbocycles. The molecule has 1 aromatic heterocycles. The van der Waals surface area contributed by atoms with Gasteiger partial charge >= 0.3 is 0 Å². The standard InChI is InChI=1S/C16H18FN3O2/c17-11-3-4-14-13(8-11)10(9-20-14)5-7-19-16(22)12-2-1-6-18-15(12)21/h3-4,8-9,12,20H,1-2,5-7H2,(H,18,21)(H,19,22). The summed E-state index contributed by atoms with van der Waals surface area (Å²) in [5.74, 6) is -1.30. The first-order valence-corrected chi connectivity index (χ1v) is 7.46. The van der Waals surface area contributed by atoms with Gasteiger partial charge in [0.15, 0.2) is 0 Å². The fraction of sp³-hybridized carbons (Fsp3) is 0.375. The second kappa shape index (κ2) is 6.17. The normalized spacial score (nSPS) is 18.2. The van der Waals surface area contributed by atoms with Gasteiger partial charge in [-0.25, -0.2) is 4.39 Å². The zero-order valence-electron chi connectivity index (χ0n) is 12.1. The molecule has 1 aromatic carbocycles. The van der Waals surface area contributed by atoms with Crippen LogP contribution in [-0.2, 0) is 16.0 Å². The van der Waals surface area contributed by atoms with Gasteiger partial charge in [-0.3, -0.25) is 9.59 Å². The number of aromatic nitrogens is 1. The molecule has 2 amide bonds. The number of piperidine rings is 1. The van der Waals surface area contributed by atoms with Crippen molar-refractivity contribution in [2.24, 2.45) is 5.92 Å². The molecule has 1 atom stereocenters. The minimum absolute atomic E-state index is 0.196. The molecule has 0 radical (unpaired) electrons. The molecule has 2 aromatic rings. The summed E-state index contributed by atoms with van der Waals surface area (Å²) in [5, 5.41) is 6.32. The molecule has 0 spiro atoms. The van der Waals surface area contributed by atoms with Crippen molar-refractivity contribution in [1.29, 1.82) is 0 Å². The van der Waals surface area contributed by atoms with Crippen molar-refractivity contribution < 1.29 is 14.0 Å². The van der Waals surface area contributed by atoms with Gasteiger partial charge in [-0.2, -0.15) is 0 Å². The summed E-state index contributed by atoms with van der Waals surface area (Å²) >= 11 is 0. The number of hydrogen-bond donors (Lipinski definition) is 3. The highest BCUT2D eigenvalue weighted by Crippen LogP contribution is 2.19. The number of aromatic amines is 1. The third kappa shape index (κ3) is 2.95. The van der Waals surface area contributed by atoms with Gasteiger partial charge in [0.2, 0.25) is 11.8 Å². The number of amides is 2. The zero-order valence-corrected chi connectivity index (χ0v) is 12.1. The number of hydrogen-bond acceptors (Lipinski definition) is 2. The summed E-state index contributed by atoms with van der Waals surface area (Å²) in [5.41, 5.74) is 1.82. The van der Waals surface area contributed by atoms with Crippen LogP contribution in [0, 0.1) is 11.7 Å². The smallest absolute Gasteiger partial charge is 0.232 e. The molecule has 1 unspecified atom stereocenters. The van der Waals surface area contributed by atoms with Gasteiger partial charge in [-0.15, -0.1) is 0 Å². The minimum atomic E-state index is -0.589. The van der Waals surface area contributed by atoms with E-state index in [1.54, 1.807) is 6.07 Å². The molecular weight excluding hydrogens is 285 g/mol. The highest BCUT2D eigenvalue weighted by Gasteiger charge is 2.28. The maximum atomic E-state index is 13.3. The average Bonchev–Trinajstić information content (AvgIpc) is 2.90. The van der Waals surface area contributed by atoms with Gasteiger partial charge in [0, 0.05) is 30.2 Å². The molecule has 0 bridgehead atoms.